The maximum atomic E-state index is 15.3. The number of carbonyl (C=O) groups is 1. The minimum Gasteiger partial charge on any atom is -0.381 e. The van der Waals surface area contributed by atoms with Crippen LogP contribution in [0.3, 0.4) is 0 Å². The average molecular weight is 381 g/mol. The summed E-state index contributed by atoms with van der Waals surface area (Å²) in [6, 6.07) is 2.68. The van der Waals surface area contributed by atoms with Gasteiger partial charge in [-0.25, -0.2) is 13.2 Å². The Morgan fingerprint density at radius 2 is 2.04 bits per heavy atom. The van der Waals surface area contributed by atoms with Gasteiger partial charge in [-0.05, 0) is 25.0 Å². The van der Waals surface area contributed by atoms with Crippen molar-refractivity contribution >= 4 is 5.91 Å². The number of benzene rings is 1. The number of amides is 1. The molecular weight excluding hydrogens is 363 g/mol. The van der Waals surface area contributed by atoms with Crippen molar-refractivity contribution in [2.75, 3.05) is 26.3 Å². The molecule has 1 unspecified atom stereocenters. The fourth-order valence-electron chi connectivity index (χ4n) is 3.49. The van der Waals surface area contributed by atoms with Crippen LogP contribution in [0.2, 0.25) is 0 Å². The van der Waals surface area contributed by atoms with Gasteiger partial charge in [0.1, 0.15) is 11.6 Å². The van der Waals surface area contributed by atoms with Crippen LogP contribution in [0, 0.1) is 11.6 Å². The molecule has 9 heteroatoms. The van der Waals surface area contributed by atoms with Crippen LogP contribution in [0.4, 0.5) is 13.2 Å². The number of ether oxygens (including phenoxy) is 1. The normalized spacial score (nSPS) is 23.7. The lowest BCUT2D eigenvalue weighted by molar-refractivity contribution is 0.0712. The highest BCUT2D eigenvalue weighted by Crippen LogP contribution is 2.37. The maximum absolute atomic E-state index is 15.3. The molecule has 2 saturated heterocycles. The molecule has 0 bridgehead atoms. The van der Waals surface area contributed by atoms with E-state index in [1.807, 2.05) is 0 Å². The number of hydrogen-bond donors (Lipinski definition) is 0. The van der Waals surface area contributed by atoms with E-state index in [1.54, 1.807) is 0 Å². The number of hydrogen-bond acceptors (Lipinski definition) is 5. The van der Waals surface area contributed by atoms with Gasteiger partial charge in [0.2, 0.25) is 5.67 Å². The van der Waals surface area contributed by atoms with Crippen LogP contribution in [-0.4, -0.2) is 47.3 Å². The van der Waals surface area contributed by atoms with Gasteiger partial charge >= 0.3 is 0 Å². The number of likely N-dealkylation sites (tertiary alicyclic amines) is 1. The zero-order valence-corrected chi connectivity index (χ0v) is 14.5. The van der Waals surface area contributed by atoms with Gasteiger partial charge in [-0.15, -0.1) is 0 Å². The predicted molar refractivity (Wildman–Crippen MR) is 86.8 cm³/mol. The standard InChI is InChI=1S/C18H18F3N3O3/c19-12-1-2-13(14(20)9-12)16(25)24-6-5-18(21,10-24)17-22-15(23-27-17)11-3-7-26-8-4-11/h1-2,9,11H,3-8,10H2. The summed E-state index contributed by atoms with van der Waals surface area (Å²) in [5.74, 6) is -2.12. The van der Waals surface area contributed by atoms with Crippen molar-refractivity contribution < 1.29 is 27.2 Å². The van der Waals surface area contributed by atoms with Crippen molar-refractivity contribution in [2.45, 2.75) is 30.8 Å². The van der Waals surface area contributed by atoms with Crippen molar-refractivity contribution in [1.82, 2.24) is 15.0 Å². The molecule has 2 aromatic rings. The van der Waals surface area contributed by atoms with E-state index < -0.39 is 23.2 Å². The number of halogens is 3. The molecule has 4 rings (SSSR count). The number of alkyl halides is 1. The van der Waals surface area contributed by atoms with Crippen molar-refractivity contribution in [3.63, 3.8) is 0 Å². The minimum absolute atomic E-state index is 0.0308. The van der Waals surface area contributed by atoms with Gasteiger partial charge in [-0.3, -0.25) is 4.79 Å². The third-order valence-corrected chi connectivity index (χ3v) is 5.08. The largest absolute Gasteiger partial charge is 0.381 e. The average Bonchev–Trinajstić information content (AvgIpc) is 3.30. The van der Waals surface area contributed by atoms with Crippen LogP contribution in [0.1, 0.15) is 47.3 Å². The van der Waals surface area contributed by atoms with Crippen LogP contribution in [-0.2, 0) is 10.4 Å². The van der Waals surface area contributed by atoms with E-state index in [2.05, 4.69) is 10.1 Å². The molecule has 0 radical (unpaired) electrons. The molecule has 3 heterocycles. The molecule has 0 spiro atoms. The van der Waals surface area contributed by atoms with E-state index in [1.165, 1.54) is 4.90 Å². The van der Waals surface area contributed by atoms with Crippen LogP contribution in [0.25, 0.3) is 0 Å². The molecule has 27 heavy (non-hydrogen) atoms. The summed E-state index contributed by atoms with van der Waals surface area (Å²) in [5, 5.41) is 3.89. The zero-order chi connectivity index (χ0) is 19.0. The Bertz CT molecular complexity index is 853. The molecule has 1 atom stereocenters. The van der Waals surface area contributed by atoms with Gasteiger partial charge in [0.15, 0.2) is 5.82 Å². The van der Waals surface area contributed by atoms with Gasteiger partial charge in [0.25, 0.3) is 11.8 Å². The lowest BCUT2D eigenvalue weighted by Crippen LogP contribution is -2.33. The van der Waals surface area contributed by atoms with Gasteiger partial charge in [0, 0.05) is 38.2 Å². The molecule has 0 N–H and O–H groups in total. The molecular formula is C18H18F3N3O3. The Morgan fingerprint density at radius 3 is 2.78 bits per heavy atom. The van der Waals surface area contributed by atoms with Crippen molar-refractivity contribution in [3.8, 4) is 0 Å². The van der Waals surface area contributed by atoms with Gasteiger partial charge in [0.05, 0.1) is 12.1 Å². The van der Waals surface area contributed by atoms with Crippen LogP contribution in [0.15, 0.2) is 22.7 Å². The zero-order valence-electron chi connectivity index (χ0n) is 14.5. The quantitative estimate of drug-likeness (QED) is 0.818. The summed E-state index contributed by atoms with van der Waals surface area (Å²) in [7, 11) is 0. The first-order chi connectivity index (χ1) is 13.0. The first-order valence-electron chi connectivity index (χ1n) is 8.81. The van der Waals surface area contributed by atoms with Gasteiger partial charge < -0.3 is 14.2 Å². The summed E-state index contributed by atoms with van der Waals surface area (Å²) < 4.78 is 52.7. The Labute approximate surface area is 153 Å². The highest BCUT2D eigenvalue weighted by atomic mass is 19.1. The van der Waals surface area contributed by atoms with Crippen molar-refractivity contribution in [2.24, 2.45) is 0 Å². The predicted octanol–water partition coefficient (Wildman–Crippen LogP) is 2.95. The first kappa shape index (κ1) is 18.0. The summed E-state index contributed by atoms with van der Waals surface area (Å²) in [6.07, 6.45) is 1.45. The molecule has 6 nitrogen and oxygen atoms in total. The lowest BCUT2D eigenvalue weighted by atomic mass is 9.99. The van der Waals surface area contributed by atoms with Crippen LogP contribution in [0.5, 0.6) is 0 Å². The van der Waals surface area contributed by atoms with Gasteiger partial charge in [-0.1, -0.05) is 5.16 Å². The van der Waals surface area contributed by atoms with Crippen LogP contribution < -0.4 is 0 Å². The summed E-state index contributed by atoms with van der Waals surface area (Å²) in [4.78, 5) is 17.9. The maximum Gasteiger partial charge on any atom is 0.266 e. The highest BCUT2D eigenvalue weighted by molar-refractivity contribution is 5.94. The van der Waals surface area contributed by atoms with E-state index >= 15 is 4.39 Å². The number of nitrogens with zero attached hydrogens (tertiary/aromatic N) is 3. The fraction of sp³-hybridized carbons (Fsp3) is 0.500. The summed E-state index contributed by atoms with van der Waals surface area (Å²) >= 11 is 0. The molecule has 1 aromatic carbocycles. The lowest BCUT2D eigenvalue weighted by Gasteiger charge is -2.19. The topological polar surface area (TPSA) is 68.5 Å². The SMILES string of the molecule is O=C(c1ccc(F)cc1F)N1CCC(F)(c2nc(C3CCOCC3)no2)C1. The molecule has 144 valence electrons. The van der Waals surface area contributed by atoms with E-state index in [9.17, 15) is 13.6 Å². The Morgan fingerprint density at radius 1 is 1.26 bits per heavy atom. The Hall–Kier alpha value is -2.42. The molecule has 2 aliphatic heterocycles. The minimum atomic E-state index is -1.98. The third-order valence-electron chi connectivity index (χ3n) is 5.08. The highest BCUT2D eigenvalue weighted by Gasteiger charge is 2.47. The molecule has 1 aromatic heterocycles. The van der Waals surface area contributed by atoms with E-state index in [0.717, 1.165) is 25.0 Å². The monoisotopic (exact) mass is 381 g/mol. The Kier molecular flexibility index (Phi) is 4.63. The van der Waals surface area contributed by atoms with E-state index in [4.69, 9.17) is 9.26 Å². The second kappa shape index (κ2) is 6.95. The van der Waals surface area contributed by atoms with Crippen molar-refractivity contribution in [1.29, 1.82) is 0 Å². The van der Waals surface area contributed by atoms with Gasteiger partial charge in [-0.2, -0.15) is 4.98 Å². The second-order valence-corrected chi connectivity index (χ2v) is 6.91. The molecule has 0 saturated carbocycles. The number of aromatic nitrogens is 2. The second-order valence-electron chi connectivity index (χ2n) is 6.91. The summed E-state index contributed by atoms with van der Waals surface area (Å²) in [6.45, 7) is 0.945. The van der Waals surface area contributed by atoms with Crippen LogP contribution >= 0.6 is 0 Å². The molecule has 2 fully saturated rings. The number of carbonyl (C=O) groups excluding carboxylic acids is 1. The number of rotatable bonds is 3. The molecule has 1 amide bonds. The van der Waals surface area contributed by atoms with Crippen molar-refractivity contribution in [3.05, 3.63) is 47.1 Å². The smallest absolute Gasteiger partial charge is 0.266 e. The van der Waals surface area contributed by atoms with E-state index in [-0.39, 0.29) is 36.9 Å². The Balaban J connectivity index is 1.49. The molecule has 2 aliphatic rings. The third kappa shape index (κ3) is 3.43. The molecule has 0 aliphatic carbocycles. The van der Waals surface area contributed by atoms with E-state index in [0.29, 0.717) is 25.1 Å². The first-order valence-corrected chi connectivity index (χ1v) is 8.81. The fourth-order valence-corrected chi connectivity index (χ4v) is 3.49. The summed E-state index contributed by atoms with van der Waals surface area (Å²) in [5.41, 5.74) is -2.28.